The van der Waals surface area contributed by atoms with Gasteiger partial charge in [-0.3, -0.25) is 4.79 Å². The van der Waals surface area contributed by atoms with Crippen LogP contribution in [0.3, 0.4) is 0 Å². The number of carboxylic acid groups (broad SMARTS) is 1. The van der Waals surface area contributed by atoms with Crippen LogP contribution in [-0.4, -0.2) is 30.9 Å². The molecule has 1 rings (SSSR count). The summed E-state index contributed by atoms with van der Waals surface area (Å²) < 4.78 is 37.7. The first-order valence-electron chi connectivity index (χ1n) is 7.07. The summed E-state index contributed by atoms with van der Waals surface area (Å²) in [6.45, 7) is 2.03. The minimum absolute atomic E-state index is 0.0525. The predicted molar refractivity (Wildman–Crippen MR) is 77.3 cm³/mol. The second-order valence-corrected chi connectivity index (χ2v) is 4.79. The number of carboxylic acids is 1. The van der Waals surface area contributed by atoms with Gasteiger partial charge in [0, 0.05) is 17.7 Å². The summed E-state index contributed by atoms with van der Waals surface area (Å²) >= 11 is 0. The van der Waals surface area contributed by atoms with Crippen molar-refractivity contribution in [2.45, 2.75) is 32.2 Å². The number of carbonyl (C=O) groups is 2. The Balaban J connectivity index is 2.98. The molecule has 0 bridgehead atoms. The van der Waals surface area contributed by atoms with E-state index in [0.29, 0.717) is 6.42 Å². The molecule has 1 unspecified atom stereocenters. The molecule has 0 aliphatic rings. The number of methoxy groups -OCH3 is 1. The largest absolute Gasteiger partial charge is 0.497 e. The Hall–Kier alpha value is -2.38. The molecule has 1 atom stereocenters. The Morgan fingerprint density at radius 2 is 1.91 bits per heavy atom. The number of hydrogen-bond acceptors (Lipinski definition) is 4. The maximum atomic E-state index is 14.1. The average molecular weight is 331 g/mol. The Morgan fingerprint density at radius 3 is 2.39 bits per heavy atom. The van der Waals surface area contributed by atoms with Gasteiger partial charge >= 0.3 is 12.1 Å². The van der Waals surface area contributed by atoms with Crippen LogP contribution in [0.15, 0.2) is 12.1 Å². The van der Waals surface area contributed by atoms with E-state index >= 15 is 0 Å². The first-order valence-corrected chi connectivity index (χ1v) is 7.07. The Morgan fingerprint density at radius 1 is 1.30 bits per heavy atom. The van der Waals surface area contributed by atoms with Crippen LogP contribution in [0, 0.1) is 11.6 Å². The number of aliphatic carboxylic acids is 1. The average Bonchev–Trinajstić information content (AvgIpc) is 2.45. The maximum Gasteiger partial charge on any atom is 0.407 e. The lowest BCUT2D eigenvalue weighted by molar-refractivity contribution is -0.137. The van der Waals surface area contributed by atoms with Crippen LogP contribution < -0.4 is 10.1 Å². The SMILES string of the molecule is CCCCOC(=O)NC(CC(=O)O)c1c(F)cc(OC)cc1F. The topological polar surface area (TPSA) is 84.9 Å². The molecule has 0 heterocycles. The molecule has 0 aliphatic carbocycles. The van der Waals surface area contributed by atoms with E-state index in [4.69, 9.17) is 14.6 Å². The second kappa shape index (κ2) is 8.92. The molecule has 128 valence electrons. The van der Waals surface area contributed by atoms with Gasteiger partial charge in [0.25, 0.3) is 0 Å². The summed E-state index contributed by atoms with van der Waals surface area (Å²) in [5, 5.41) is 11.1. The molecular formula is C15H19F2NO5. The van der Waals surface area contributed by atoms with Crippen molar-refractivity contribution in [2.24, 2.45) is 0 Å². The lowest BCUT2D eigenvalue weighted by Crippen LogP contribution is -2.32. The third kappa shape index (κ3) is 5.72. The zero-order valence-corrected chi connectivity index (χ0v) is 12.9. The molecule has 23 heavy (non-hydrogen) atoms. The van der Waals surface area contributed by atoms with Crippen molar-refractivity contribution in [1.82, 2.24) is 5.32 Å². The van der Waals surface area contributed by atoms with Crippen molar-refractivity contribution in [3.63, 3.8) is 0 Å². The van der Waals surface area contributed by atoms with Gasteiger partial charge in [-0.05, 0) is 6.42 Å². The Bertz CT molecular complexity index is 542. The molecule has 1 aromatic rings. The van der Waals surface area contributed by atoms with Crippen LogP contribution >= 0.6 is 0 Å². The third-order valence-electron chi connectivity index (χ3n) is 3.04. The van der Waals surface area contributed by atoms with Crippen molar-refractivity contribution in [3.8, 4) is 5.75 Å². The van der Waals surface area contributed by atoms with Crippen LogP contribution in [0.4, 0.5) is 13.6 Å². The van der Waals surface area contributed by atoms with Gasteiger partial charge in [0.2, 0.25) is 0 Å². The quantitative estimate of drug-likeness (QED) is 0.715. The summed E-state index contributed by atoms with van der Waals surface area (Å²) in [4.78, 5) is 22.5. The van der Waals surface area contributed by atoms with Gasteiger partial charge in [0.1, 0.15) is 17.4 Å². The van der Waals surface area contributed by atoms with Crippen LogP contribution in [0.2, 0.25) is 0 Å². The van der Waals surface area contributed by atoms with E-state index in [1.165, 1.54) is 7.11 Å². The molecule has 8 heteroatoms. The number of amides is 1. The van der Waals surface area contributed by atoms with Gasteiger partial charge in [-0.2, -0.15) is 0 Å². The van der Waals surface area contributed by atoms with Crippen molar-refractivity contribution in [3.05, 3.63) is 29.3 Å². The van der Waals surface area contributed by atoms with E-state index < -0.39 is 41.7 Å². The van der Waals surface area contributed by atoms with Gasteiger partial charge < -0.3 is 19.9 Å². The fraction of sp³-hybridized carbons (Fsp3) is 0.467. The number of carbonyl (C=O) groups excluding carboxylic acids is 1. The van der Waals surface area contributed by atoms with Gasteiger partial charge in [-0.1, -0.05) is 13.3 Å². The fourth-order valence-electron chi connectivity index (χ4n) is 1.90. The molecule has 0 saturated heterocycles. The third-order valence-corrected chi connectivity index (χ3v) is 3.04. The minimum atomic E-state index is -1.40. The Labute approximate surface area is 132 Å². The van der Waals surface area contributed by atoms with Crippen LogP contribution in [0.5, 0.6) is 5.75 Å². The van der Waals surface area contributed by atoms with Crippen molar-refractivity contribution < 1.29 is 33.0 Å². The van der Waals surface area contributed by atoms with E-state index in [2.05, 4.69) is 5.32 Å². The smallest absolute Gasteiger partial charge is 0.407 e. The molecule has 6 nitrogen and oxygen atoms in total. The number of nitrogens with one attached hydrogen (secondary N) is 1. The minimum Gasteiger partial charge on any atom is -0.497 e. The van der Waals surface area contributed by atoms with E-state index in [1.807, 2.05) is 6.92 Å². The van der Waals surface area contributed by atoms with Gasteiger partial charge in [0.15, 0.2) is 0 Å². The number of alkyl carbamates (subject to hydrolysis) is 1. The number of rotatable bonds is 8. The number of benzene rings is 1. The predicted octanol–water partition coefficient (Wildman–Crippen LogP) is 3.02. The molecule has 0 spiro atoms. The maximum absolute atomic E-state index is 14.1. The molecule has 0 aromatic heterocycles. The van der Waals surface area contributed by atoms with E-state index in [0.717, 1.165) is 18.6 Å². The van der Waals surface area contributed by atoms with Crippen molar-refractivity contribution in [1.29, 1.82) is 0 Å². The van der Waals surface area contributed by atoms with Crippen molar-refractivity contribution >= 4 is 12.1 Å². The summed E-state index contributed by atoms with van der Waals surface area (Å²) in [6.07, 6.45) is -0.196. The number of hydrogen-bond donors (Lipinski definition) is 2. The summed E-state index contributed by atoms with van der Waals surface area (Å²) in [7, 11) is 1.24. The molecule has 0 aliphatic heterocycles. The molecule has 1 amide bonds. The highest BCUT2D eigenvalue weighted by atomic mass is 19.1. The molecule has 2 N–H and O–H groups in total. The van der Waals surface area contributed by atoms with E-state index in [-0.39, 0.29) is 12.4 Å². The lowest BCUT2D eigenvalue weighted by Gasteiger charge is -2.19. The number of halogens is 2. The molecular weight excluding hydrogens is 312 g/mol. The zero-order valence-electron chi connectivity index (χ0n) is 12.9. The summed E-state index contributed by atoms with van der Waals surface area (Å²) in [5.74, 6) is -3.40. The first-order chi connectivity index (χ1) is 10.9. The highest BCUT2D eigenvalue weighted by molar-refractivity contribution is 5.72. The highest BCUT2D eigenvalue weighted by Crippen LogP contribution is 2.27. The summed E-state index contributed by atoms with van der Waals surface area (Å²) in [6, 6.07) is 0.432. The van der Waals surface area contributed by atoms with Crippen LogP contribution in [0.25, 0.3) is 0 Å². The highest BCUT2D eigenvalue weighted by Gasteiger charge is 2.26. The standard InChI is InChI=1S/C15H19F2NO5/c1-3-4-5-23-15(21)18-12(8-13(19)20)14-10(16)6-9(22-2)7-11(14)17/h6-7,12H,3-5,8H2,1-2H3,(H,18,21)(H,19,20). The summed E-state index contributed by atoms with van der Waals surface area (Å²) in [5.41, 5.74) is -0.555. The van der Waals surface area contributed by atoms with Gasteiger partial charge in [-0.15, -0.1) is 0 Å². The lowest BCUT2D eigenvalue weighted by atomic mass is 10.0. The number of unbranched alkanes of at least 4 members (excludes halogenated alkanes) is 1. The Kier molecular flexibility index (Phi) is 7.24. The van der Waals surface area contributed by atoms with E-state index in [9.17, 15) is 18.4 Å². The van der Waals surface area contributed by atoms with Gasteiger partial charge in [0.05, 0.1) is 26.2 Å². The fourth-order valence-corrected chi connectivity index (χ4v) is 1.90. The molecule has 0 fully saturated rings. The molecule has 1 aromatic carbocycles. The van der Waals surface area contributed by atoms with Crippen LogP contribution in [0.1, 0.15) is 37.8 Å². The monoisotopic (exact) mass is 331 g/mol. The zero-order chi connectivity index (χ0) is 17.4. The normalized spacial score (nSPS) is 11.7. The van der Waals surface area contributed by atoms with Gasteiger partial charge in [-0.25, -0.2) is 13.6 Å². The second-order valence-electron chi connectivity index (χ2n) is 4.79. The van der Waals surface area contributed by atoms with Crippen molar-refractivity contribution in [2.75, 3.05) is 13.7 Å². The molecule has 0 saturated carbocycles. The first kappa shape index (κ1) is 18.7. The molecule has 0 radical (unpaired) electrons. The number of ether oxygens (including phenoxy) is 2. The van der Waals surface area contributed by atoms with Crippen LogP contribution in [-0.2, 0) is 9.53 Å². The van der Waals surface area contributed by atoms with E-state index in [1.54, 1.807) is 0 Å².